The van der Waals surface area contributed by atoms with E-state index in [1.807, 2.05) is 0 Å². The Morgan fingerprint density at radius 1 is 0.438 bits per heavy atom. The Bertz CT molecular complexity index is 356. The van der Waals surface area contributed by atoms with Crippen molar-refractivity contribution in [3.63, 3.8) is 0 Å². The highest BCUT2D eigenvalue weighted by Gasteiger charge is 2.02. The largest absolute Gasteiger partial charge is 0.463 e. The summed E-state index contributed by atoms with van der Waals surface area (Å²) in [5.74, 6) is -0.0579. The highest BCUT2D eigenvalue weighted by atomic mass is 16.6. The number of hydrogen-bond acceptors (Lipinski definition) is 3. The lowest BCUT2D eigenvalue weighted by Crippen LogP contribution is -2.10. The summed E-state index contributed by atoms with van der Waals surface area (Å²) < 4.78 is 10.9. The lowest BCUT2D eigenvalue weighted by Gasteiger charge is -2.07. The molecule has 0 bridgehead atoms. The van der Waals surface area contributed by atoms with Gasteiger partial charge in [-0.3, -0.25) is 4.79 Å². The van der Waals surface area contributed by atoms with Gasteiger partial charge < -0.3 is 9.47 Å². The molecule has 0 aromatic heterocycles. The summed E-state index contributed by atoms with van der Waals surface area (Å²) in [6, 6.07) is 0. The van der Waals surface area contributed by atoms with Crippen LogP contribution in [-0.4, -0.2) is 25.8 Å². The van der Waals surface area contributed by atoms with Crippen LogP contribution in [0.3, 0.4) is 0 Å². The van der Waals surface area contributed by atoms with E-state index in [0.29, 0.717) is 19.6 Å². The zero-order valence-electron chi connectivity index (χ0n) is 22.1. The molecule has 0 spiro atoms. The van der Waals surface area contributed by atoms with Gasteiger partial charge in [0.2, 0.25) is 0 Å². The van der Waals surface area contributed by atoms with Crippen LogP contribution in [0.4, 0.5) is 0 Å². The first-order valence-electron chi connectivity index (χ1n) is 14.5. The van der Waals surface area contributed by atoms with Gasteiger partial charge in [0, 0.05) is 13.0 Å². The molecule has 32 heavy (non-hydrogen) atoms. The van der Waals surface area contributed by atoms with Crippen LogP contribution in [0.2, 0.25) is 0 Å². The predicted octanol–water partition coefficient (Wildman–Crippen LogP) is 9.56. The Balaban J connectivity index is 3.12. The highest BCUT2D eigenvalue weighted by Crippen LogP contribution is 2.13. The minimum Gasteiger partial charge on any atom is -0.463 e. The molecule has 192 valence electrons. The van der Waals surface area contributed by atoms with Gasteiger partial charge in [-0.15, -0.1) is 0 Å². The Labute approximate surface area is 201 Å². The summed E-state index contributed by atoms with van der Waals surface area (Å²) in [5, 5.41) is 0. The molecule has 0 radical (unpaired) electrons. The fraction of sp³-hybridized carbons (Fsp3) is 0.966. The van der Waals surface area contributed by atoms with Gasteiger partial charge in [-0.2, -0.15) is 0 Å². The first-order valence-corrected chi connectivity index (χ1v) is 14.5. The first-order chi connectivity index (χ1) is 15.8. The smallest absolute Gasteiger partial charge is 0.305 e. The van der Waals surface area contributed by atoms with Crippen molar-refractivity contribution in [3.05, 3.63) is 0 Å². The maximum absolute atomic E-state index is 11.7. The first kappa shape index (κ1) is 31.4. The van der Waals surface area contributed by atoms with Crippen LogP contribution in [0.5, 0.6) is 0 Å². The van der Waals surface area contributed by atoms with Crippen molar-refractivity contribution in [2.45, 2.75) is 162 Å². The summed E-state index contributed by atoms with van der Waals surface area (Å²) in [7, 11) is 0. The SMILES string of the molecule is CCCCCCCCCCCCCCCOCCOC(=O)CCCCCCCCCCC. The van der Waals surface area contributed by atoms with E-state index in [2.05, 4.69) is 13.8 Å². The second-order valence-electron chi connectivity index (χ2n) is 9.65. The molecule has 3 nitrogen and oxygen atoms in total. The summed E-state index contributed by atoms with van der Waals surface area (Å²) in [4.78, 5) is 11.7. The number of rotatable bonds is 27. The molecule has 0 aliphatic carbocycles. The molecule has 0 aromatic carbocycles. The average molecular weight is 455 g/mol. The molecule has 0 N–H and O–H groups in total. The van der Waals surface area contributed by atoms with E-state index >= 15 is 0 Å². The van der Waals surface area contributed by atoms with Gasteiger partial charge in [0.05, 0.1) is 6.61 Å². The Kier molecular flexibility index (Phi) is 28.0. The van der Waals surface area contributed by atoms with Crippen LogP contribution in [-0.2, 0) is 14.3 Å². The second-order valence-corrected chi connectivity index (χ2v) is 9.65. The minimum absolute atomic E-state index is 0.0579. The highest BCUT2D eigenvalue weighted by molar-refractivity contribution is 5.69. The lowest BCUT2D eigenvalue weighted by molar-refractivity contribution is -0.145. The summed E-state index contributed by atoms with van der Waals surface area (Å²) in [6.45, 7) is 6.29. The normalized spacial score (nSPS) is 11.2. The Morgan fingerprint density at radius 3 is 1.25 bits per heavy atom. The number of ether oxygens (including phenoxy) is 2. The minimum atomic E-state index is -0.0579. The third-order valence-electron chi connectivity index (χ3n) is 6.37. The molecule has 0 saturated heterocycles. The number of esters is 1. The van der Waals surface area contributed by atoms with Crippen molar-refractivity contribution < 1.29 is 14.3 Å². The maximum Gasteiger partial charge on any atom is 0.305 e. The molecular weight excluding hydrogens is 396 g/mol. The maximum atomic E-state index is 11.7. The van der Waals surface area contributed by atoms with E-state index in [9.17, 15) is 4.79 Å². The number of unbranched alkanes of at least 4 members (excludes halogenated alkanes) is 20. The van der Waals surface area contributed by atoms with Crippen molar-refractivity contribution in [1.29, 1.82) is 0 Å². The van der Waals surface area contributed by atoms with E-state index in [1.54, 1.807) is 0 Å². The van der Waals surface area contributed by atoms with Crippen LogP contribution >= 0.6 is 0 Å². The van der Waals surface area contributed by atoms with Gasteiger partial charge >= 0.3 is 5.97 Å². The average Bonchev–Trinajstić information content (AvgIpc) is 2.80. The van der Waals surface area contributed by atoms with Gasteiger partial charge in [-0.25, -0.2) is 0 Å². The fourth-order valence-corrected chi connectivity index (χ4v) is 4.19. The molecule has 0 aromatic rings. The molecule has 0 amide bonds. The quantitative estimate of drug-likeness (QED) is 0.0915. The number of hydrogen-bond donors (Lipinski definition) is 0. The van der Waals surface area contributed by atoms with Crippen molar-refractivity contribution in [2.75, 3.05) is 19.8 Å². The number of carbonyl (C=O) groups excluding carboxylic acids is 1. The van der Waals surface area contributed by atoms with Gasteiger partial charge in [-0.1, -0.05) is 142 Å². The summed E-state index contributed by atoms with van der Waals surface area (Å²) in [6.07, 6.45) is 29.8. The summed E-state index contributed by atoms with van der Waals surface area (Å²) >= 11 is 0. The second kappa shape index (κ2) is 28.5. The molecule has 0 aliphatic heterocycles. The van der Waals surface area contributed by atoms with E-state index < -0.39 is 0 Å². The van der Waals surface area contributed by atoms with Crippen LogP contribution in [0.15, 0.2) is 0 Å². The third kappa shape index (κ3) is 27.5. The van der Waals surface area contributed by atoms with E-state index in [1.165, 1.54) is 122 Å². The van der Waals surface area contributed by atoms with Gasteiger partial charge in [-0.05, 0) is 12.8 Å². The molecule has 0 rings (SSSR count). The van der Waals surface area contributed by atoms with Crippen LogP contribution < -0.4 is 0 Å². The van der Waals surface area contributed by atoms with E-state index in [-0.39, 0.29) is 5.97 Å². The zero-order valence-corrected chi connectivity index (χ0v) is 22.1. The molecular formula is C29H58O3. The molecule has 0 aliphatic rings. The van der Waals surface area contributed by atoms with Gasteiger partial charge in [0.1, 0.15) is 6.61 Å². The zero-order chi connectivity index (χ0) is 23.4. The molecule has 0 fully saturated rings. The fourth-order valence-electron chi connectivity index (χ4n) is 4.19. The molecule has 0 heterocycles. The molecule has 0 atom stereocenters. The predicted molar refractivity (Wildman–Crippen MR) is 139 cm³/mol. The van der Waals surface area contributed by atoms with Crippen molar-refractivity contribution in [3.8, 4) is 0 Å². The molecule has 3 heteroatoms. The monoisotopic (exact) mass is 454 g/mol. The lowest BCUT2D eigenvalue weighted by atomic mass is 10.0. The topological polar surface area (TPSA) is 35.5 Å². The number of carbonyl (C=O) groups is 1. The summed E-state index contributed by atoms with van der Waals surface area (Å²) in [5.41, 5.74) is 0. The standard InChI is InChI=1S/C29H58O3/c1-3-5-7-9-11-13-14-15-16-18-20-22-24-26-31-27-28-32-29(30)25-23-21-19-17-12-10-8-6-4-2/h3-28H2,1-2H3. The van der Waals surface area contributed by atoms with Crippen LogP contribution in [0.1, 0.15) is 162 Å². The Hall–Kier alpha value is -0.570. The van der Waals surface area contributed by atoms with Crippen molar-refractivity contribution in [2.24, 2.45) is 0 Å². The van der Waals surface area contributed by atoms with E-state index in [4.69, 9.17) is 9.47 Å². The third-order valence-corrected chi connectivity index (χ3v) is 6.37. The van der Waals surface area contributed by atoms with Gasteiger partial charge in [0.25, 0.3) is 0 Å². The molecule has 0 saturated carbocycles. The van der Waals surface area contributed by atoms with Crippen LogP contribution in [0, 0.1) is 0 Å². The van der Waals surface area contributed by atoms with Crippen molar-refractivity contribution >= 4 is 5.97 Å². The van der Waals surface area contributed by atoms with Crippen molar-refractivity contribution in [1.82, 2.24) is 0 Å². The van der Waals surface area contributed by atoms with E-state index in [0.717, 1.165) is 25.9 Å². The van der Waals surface area contributed by atoms with Gasteiger partial charge in [0.15, 0.2) is 0 Å². The van der Waals surface area contributed by atoms with Crippen LogP contribution in [0.25, 0.3) is 0 Å². The molecule has 0 unspecified atom stereocenters. The Morgan fingerprint density at radius 2 is 0.812 bits per heavy atom.